The molecule has 0 aliphatic heterocycles. The molecule has 0 atom stereocenters. The maximum Gasteiger partial charge on any atom is 0.242 e. The van der Waals surface area contributed by atoms with Gasteiger partial charge in [0.1, 0.15) is 0 Å². The summed E-state index contributed by atoms with van der Waals surface area (Å²) in [4.78, 5) is 4.17. The normalized spacial score (nSPS) is 12.0. The number of sulfonamides is 1. The summed E-state index contributed by atoms with van der Waals surface area (Å²) in [5.41, 5.74) is 7.33. The summed E-state index contributed by atoms with van der Waals surface area (Å²) in [6, 6.07) is 7.45. The van der Waals surface area contributed by atoms with Crippen LogP contribution in [0.2, 0.25) is 0 Å². The highest BCUT2D eigenvalue weighted by atomic mass is 32.2. The Hall–Kier alpha value is -1.77. The minimum absolute atomic E-state index is 0.0483. The second kappa shape index (κ2) is 5.70. The molecular formula is C12H16N4O3S. The zero-order valence-electron chi connectivity index (χ0n) is 11.3. The Morgan fingerprint density at radius 1 is 1.30 bits per heavy atom. The van der Waals surface area contributed by atoms with Gasteiger partial charge in [0.2, 0.25) is 21.7 Å². The maximum atomic E-state index is 11.3. The highest BCUT2D eigenvalue weighted by Gasteiger charge is 2.16. The van der Waals surface area contributed by atoms with Crippen LogP contribution in [0.4, 0.5) is 0 Å². The Morgan fingerprint density at radius 3 is 2.50 bits per heavy atom. The van der Waals surface area contributed by atoms with E-state index >= 15 is 0 Å². The van der Waals surface area contributed by atoms with E-state index in [0.29, 0.717) is 12.4 Å². The molecule has 0 spiro atoms. The van der Waals surface area contributed by atoms with E-state index in [0.717, 1.165) is 21.7 Å². The fourth-order valence-electron chi connectivity index (χ4n) is 1.53. The minimum atomic E-state index is -3.27. The van der Waals surface area contributed by atoms with E-state index in [2.05, 4.69) is 10.1 Å². The summed E-state index contributed by atoms with van der Waals surface area (Å²) >= 11 is 0. The van der Waals surface area contributed by atoms with Gasteiger partial charge in [-0.15, -0.1) is 0 Å². The Labute approximate surface area is 117 Å². The average Bonchev–Trinajstić information content (AvgIpc) is 2.86. The summed E-state index contributed by atoms with van der Waals surface area (Å²) in [6.07, 6.45) is 1.12. The van der Waals surface area contributed by atoms with Crippen molar-refractivity contribution in [3.63, 3.8) is 0 Å². The molecule has 2 rings (SSSR count). The van der Waals surface area contributed by atoms with E-state index in [1.54, 1.807) is 0 Å². The molecule has 7 nitrogen and oxygen atoms in total. The lowest BCUT2D eigenvalue weighted by Gasteiger charge is -2.09. The van der Waals surface area contributed by atoms with Gasteiger partial charge in [-0.2, -0.15) is 9.29 Å². The van der Waals surface area contributed by atoms with Crippen molar-refractivity contribution in [2.45, 2.75) is 13.1 Å². The van der Waals surface area contributed by atoms with Gasteiger partial charge >= 0.3 is 0 Å². The highest BCUT2D eigenvalue weighted by molar-refractivity contribution is 7.88. The van der Waals surface area contributed by atoms with Crippen LogP contribution in [0.15, 0.2) is 28.8 Å². The summed E-state index contributed by atoms with van der Waals surface area (Å²) in [5.74, 6) is 0.668. The first-order valence-corrected chi connectivity index (χ1v) is 7.78. The Morgan fingerprint density at radius 2 is 1.95 bits per heavy atom. The number of rotatable bonds is 5. The van der Waals surface area contributed by atoms with Crippen LogP contribution >= 0.6 is 0 Å². The number of nitrogens with zero attached hydrogens (tertiary/aromatic N) is 3. The van der Waals surface area contributed by atoms with Crippen LogP contribution in [0.5, 0.6) is 0 Å². The molecule has 2 N–H and O–H groups in total. The molecule has 1 aromatic heterocycles. The Kier molecular flexibility index (Phi) is 4.17. The third-order valence-corrected chi connectivity index (χ3v) is 4.10. The molecule has 0 bridgehead atoms. The summed E-state index contributed by atoms with van der Waals surface area (Å²) in [7, 11) is -1.82. The Balaban J connectivity index is 2.16. The van der Waals surface area contributed by atoms with E-state index < -0.39 is 10.0 Å². The van der Waals surface area contributed by atoms with Crippen LogP contribution < -0.4 is 5.73 Å². The summed E-state index contributed by atoms with van der Waals surface area (Å²) in [6.45, 7) is 0.518. The quantitative estimate of drug-likeness (QED) is 0.866. The lowest BCUT2D eigenvalue weighted by Crippen LogP contribution is -2.25. The van der Waals surface area contributed by atoms with Crippen LogP contribution in [0.1, 0.15) is 11.5 Å². The minimum Gasteiger partial charge on any atom is -0.338 e. The second-order valence-electron chi connectivity index (χ2n) is 4.43. The molecule has 8 heteroatoms. The van der Waals surface area contributed by atoms with Gasteiger partial charge in [0.05, 0.1) is 12.8 Å². The van der Waals surface area contributed by atoms with Crippen molar-refractivity contribution >= 4 is 10.0 Å². The Bertz CT molecular complexity index is 679. The zero-order chi connectivity index (χ0) is 14.8. The van der Waals surface area contributed by atoms with Crippen molar-refractivity contribution in [1.82, 2.24) is 14.4 Å². The first kappa shape index (κ1) is 14.6. The molecule has 0 amide bonds. The number of nitrogens with two attached hydrogens (primary N) is 1. The first-order valence-electron chi connectivity index (χ1n) is 5.93. The average molecular weight is 296 g/mol. The van der Waals surface area contributed by atoms with Gasteiger partial charge in [-0.25, -0.2) is 8.42 Å². The van der Waals surface area contributed by atoms with Gasteiger partial charge in [-0.05, 0) is 5.56 Å². The number of benzene rings is 1. The van der Waals surface area contributed by atoms with Crippen molar-refractivity contribution in [3.05, 3.63) is 35.7 Å². The molecule has 0 radical (unpaired) electrons. The van der Waals surface area contributed by atoms with Crippen molar-refractivity contribution < 1.29 is 12.9 Å². The van der Waals surface area contributed by atoms with Crippen molar-refractivity contribution in [2.75, 3.05) is 13.3 Å². The van der Waals surface area contributed by atoms with E-state index in [4.69, 9.17) is 10.3 Å². The number of hydrogen-bond acceptors (Lipinski definition) is 6. The first-order chi connectivity index (χ1) is 9.40. The molecule has 108 valence electrons. The van der Waals surface area contributed by atoms with Crippen LogP contribution in [0.3, 0.4) is 0 Å². The maximum absolute atomic E-state index is 11.3. The van der Waals surface area contributed by atoms with Gasteiger partial charge in [0.15, 0.2) is 0 Å². The predicted octanol–water partition coefficient (Wildman–Crippen LogP) is 0.587. The lowest BCUT2D eigenvalue weighted by molar-refractivity contribution is 0.337. The van der Waals surface area contributed by atoms with Crippen LogP contribution in [0.25, 0.3) is 11.4 Å². The SMILES string of the molecule is CN(Cc1nc(-c2ccc(CN)cc2)no1)S(C)(=O)=O. The largest absolute Gasteiger partial charge is 0.338 e. The molecule has 1 heterocycles. The standard InChI is InChI=1S/C12H16N4O3S/c1-16(20(2,17)18)8-11-14-12(15-19-11)10-5-3-9(7-13)4-6-10/h3-6H,7-8,13H2,1-2H3. The topological polar surface area (TPSA) is 102 Å². The van der Waals surface area contributed by atoms with E-state index in [1.165, 1.54) is 7.05 Å². The molecule has 0 saturated heterocycles. The number of hydrogen-bond donors (Lipinski definition) is 1. The van der Waals surface area contributed by atoms with Crippen LogP contribution in [-0.2, 0) is 23.1 Å². The zero-order valence-corrected chi connectivity index (χ0v) is 12.1. The number of aromatic nitrogens is 2. The molecule has 0 saturated carbocycles. The van der Waals surface area contributed by atoms with Crippen LogP contribution in [0, 0.1) is 0 Å². The van der Waals surface area contributed by atoms with Gasteiger partial charge in [0.25, 0.3) is 0 Å². The van der Waals surface area contributed by atoms with Gasteiger partial charge in [0, 0.05) is 19.2 Å². The molecule has 0 fully saturated rings. The molecule has 0 aliphatic rings. The van der Waals surface area contributed by atoms with Gasteiger partial charge < -0.3 is 10.3 Å². The fourth-order valence-corrected chi connectivity index (χ4v) is 1.88. The molecule has 2 aromatic rings. The van der Waals surface area contributed by atoms with E-state index in [9.17, 15) is 8.42 Å². The predicted molar refractivity (Wildman–Crippen MR) is 73.9 cm³/mol. The smallest absolute Gasteiger partial charge is 0.242 e. The van der Waals surface area contributed by atoms with Gasteiger partial charge in [-0.1, -0.05) is 29.4 Å². The third kappa shape index (κ3) is 3.41. The molecular weight excluding hydrogens is 280 g/mol. The van der Waals surface area contributed by atoms with Crippen molar-refractivity contribution in [1.29, 1.82) is 0 Å². The molecule has 20 heavy (non-hydrogen) atoms. The van der Waals surface area contributed by atoms with Crippen molar-refractivity contribution in [3.8, 4) is 11.4 Å². The summed E-state index contributed by atoms with van der Waals surface area (Å²) < 4.78 is 28.8. The lowest BCUT2D eigenvalue weighted by atomic mass is 10.1. The summed E-state index contributed by atoms with van der Waals surface area (Å²) in [5, 5.41) is 3.84. The molecule has 0 unspecified atom stereocenters. The monoisotopic (exact) mass is 296 g/mol. The fraction of sp³-hybridized carbons (Fsp3) is 0.333. The molecule has 0 aliphatic carbocycles. The third-order valence-electron chi connectivity index (χ3n) is 2.84. The van der Waals surface area contributed by atoms with Crippen molar-refractivity contribution in [2.24, 2.45) is 5.73 Å². The van der Waals surface area contributed by atoms with E-state index in [-0.39, 0.29) is 12.4 Å². The van der Waals surface area contributed by atoms with Crippen LogP contribution in [-0.4, -0.2) is 36.2 Å². The second-order valence-corrected chi connectivity index (χ2v) is 6.52. The van der Waals surface area contributed by atoms with E-state index in [1.807, 2.05) is 24.3 Å². The van der Waals surface area contributed by atoms with Gasteiger partial charge in [-0.3, -0.25) is 0 Å². The highest BCUT2D eigenvalue weighted by Crippen LogP contribution is 2.17. The molecule has 1 aromatic carbocycles.